The van der Waals surface area contributed by atoms with Crippen molar-refractivity contribution in [1.29, 1.82) is 0 Å². The predicted octanol–water partition coefficient (Wildman–Crippen LogP) is 4.79. The van der Waals surface area contributed by atoms with E-state index in [1.807, 2.05) is 36.1 Å². The van der Waals surface area contributed by atoms with Gasteiger partial charge in [-0.1, -0.05) is 29.8 Å². The molecule has 3 aromatic rings. The van der Waals surface area contributed by atoms with Gasteiger partial charge in [-0.3, -0.25) is 9.59 Å². The Labute approximate surface area is 197 Å². The minimum Gasteiger partial charge on any atom is -0.497 e. The van der Waals surface area contributed by atoms with Crippen molar-refractivity contribution in [3.05, 3.63) is 88.2 Å². The van der Waals surface area contributed by atoms with Crippen LogP contribution >= 0.6 is 11.6 Å². The highest BCUT2D eigenvalue weighted by atomic mass is 35.5. The van der Waals surface area contributed by atoms with Gasteiger partial charge < -0.3 is 15.0 Å². The molecule has 2 aliphatic rings. The average Bonchev–Trinajstić information content (AvgIpc) is 3.33. The maximum Gasteiger partial charge on any atom is 0.257 e. The molecule has 1 saturated heterocycles. The van der Waals surface area contributed by atoms with Gasteiger partial charge in [0, 0.05) is 30.5 Å². The van der Waals surface area contributed by atoms with Gasteiger partial charge in [0.1, 0.15) is 10.9 Å². The summed E-state index contributed by atoms with van der Waals surface area (Å²) in [6, 6.07) is 16.9. The van der Waals surface area contributed by atoms with Crippen LogP contribution in [0.3, 0.4) is 0 Å². The molecule has 0 spiro atoms. The summed E-state index contributed by atoms with van der Waals surface area (Å²) in [6.07, 6.45) is 1.43. The molecule has 2 aromatic carbocycles. The van der Waals surface area contributed by atoms with Gasteiger partial charge in [-0.15, -0.1) is 0 Å². The number of aryl methyl sites for hydroxylation is 1. The third kappa shape index (κ3) is 4.18. The number of anilines is 1. The molecular weight excluding hydrogens is 438 g/mol. The zero-order valence-corrected chi connectivity index (χ0v) is 19.2. The first kappa shape index (κ1) is 21.5. The fourth-order valence-corrected chi connectivity index (χ4v) is 4.90. The fraction of sp³-hybridized carbons (Fsp3) is 0.269. The molecule has 6 nitrogen and oxygen atoms in total. The number of halogens is 1. The molecule has 2 amide bonds. The lowest BCUT2D eigenvalue weighted by molar-refractivity contribution is 0.0772. The molecule has 1 N–H and O–H groups in total. The van der Waals surface area contributed by atoms with Crippen LogP contribution in [-0.4, -0.2) is 41.9 Å². The van der Waals surface area contributed by atoms with Gasteiger partial charge in [-0.25, -0.2) is 4.98 Å². The molecule has 1 aromatic heterocycles. The smallest absolute Gasteiger partial charge is 0.257 e. The number of aromatic nitrogens is 1. The Kier molecular flexibility index (Phi) is 5.54. The van der Waals surface area contributed by atoms with E-state index in [0.29, 0.717) is 39.7 Å². The molecule has 3 atom stereocenters. The minimum atomic E-state index is -0.295. The highest BCUT2D eigenvalue weighted by Crippen LogP contribution is 2.58. The summed E-state index contributed by atoms with van der Waals surface area (Å²) in [4.78, 5) is 31.6. The first-order valence-corrected chi connectivity index (χ1v) is 11.3. The first-order valence-electron chi connectivity index (χ1n) is 10.9. The summed E-state index contributed by atoms with van der Waals surface area (Å²) in [5, 5.41) is 3.21. The number of amides is 2. The third-order valence-corrected chi connectivity index (χ3v) is 6.93. The van der Waals surface area contributed by atoms with Crippen LogP contribution in [0.2, 0.25) is 5.15 Å². The third-order valence-electron chi connectivity index (χ3n) is 6.70. The Morgan fingerprint density at radius 2 is 1.73 bits per heavy atom. The molecule has 33 heavy (non-hydrogen) atoms. The number of hydrogen-bond donors (Lipinski definition) is 1. The van der Waals surface area contributed by atoms with E-state index in [2.05, 4.69) is 22.4 Å². The van der Waals surface area contributed by atoms with Gasteiger partial charge in [-0.2, -0.15) is 0 Å². The molecule has 1 aliphatic carbocycles. The molecule has 7 heteroatoms. The van der Waals surface area contributed by atoms with Crippen molar-refractivity contribution < 1.29 is 14.3 Å². The number of rotatable bonds is 5. The molecule has 1 aliphatic heterocycles. The number of methoxy groups -OCH3 is 1. The number of likely N-dealkylation sites (tertiary alicyclic amines) is 1. The van der Waals surface area contributed by atoms with E-state index in [4.69, 9.17) is 16.3 Å². The van der Waals surface area contributed by atoms with E-state index >= 15 is 0 Å². The molecule has 168 valence electrons. The van der Waals surface area contributed by atoms with Crippen molar-refractivity contribution in [2.24, 2.45) is 11.8 Å². The van der Waals surface area contributed by atoms with Crippen molar-refractivity contribution in [3.8, 4) is 5.75 Å². The topological polar surface area (TPSA) is 71.5 Å². The van der Waals surface area contributed by atoms with Crippen LogP contribution in [0.4, 0.5) is 5.69 Å². The maximum absolute atomic E-state index is 13.2. The van der Waals surface area contributed by atoms with Crippen LogP contribution in [0.25, 0.3) is 0 Å². The van der Waals surface area contributed by atoms with Crippen molar-refractivity contribution in [2.45, 2.75) is 12.8 Å². The zero-order valence-electron chi connectivity index (χ0n) is 18.4. The van der Waals surface area contributed by atoms with Crippen molar-refractivity contribution in [1.82, 2.24) is 9.88 Å². The van der Waals surface area contributed by atoms with Crippen LogP contribution in [0.15, 0.2) is 60.8 Å². The van der Waals surface area contributed by atoms with Gasteiger partial charge in [0.2, 0.25) is 0 Å². The van der Waals surface area contributed by atoms with Gasteiger partial charge >= 0.3 is 0 Å². The van der Waals surface area contributed by atoms with E-state index in [-0.39, 0.29) is 11.8 Å². The van der Waals surface area contributed by atoms with Crippen LogP contribution in [0.5, 0.6) is 5.75 Å². The number of ether oxygens (including phenoxy) is 1. The van der Waals surface area contributed by atoms with E-state index in [9.17, 15) is 9.59 Å². The molecule has 2 heterocycles. The predicted molar refractivity (Wildman–Crippen MR) is 127 cm³/mol. The van der Waals surface area contributed by atoms with E-state index in [1.54, 1.807) is 25.3 Å². The zero-order chi connectivity index (χ0) is 23.1. The van der Waals surface area contributed by atoms with E-state index in [1.165, 1.54) is 11.8 Å². The average molecular weight is 462 g/mol. The number of benzene rings is 2. The highest BCUT2D eigenvalue weighted by Gasteiger charge is 2.57. The van der Waals surface area contributed by atoms with Gasteiger partial charge in [-0.05, 0) is 72.2 Å². The summed E-state index contributed by atoms with van der Waals surface area (Å²) in [7, 11) is 1.67. The van der Waals surface area contributed by atoms with Crippen molar-refractivity contribution >= 4 is 29.1 Å². The molecule has 1 unspecified atom stereocenters. The number of nitrogens with zero attached hydrogens (tertiary/aromatic N) is 2. The Balaban J connectivity index is 1.24. The highest BCUT2D eigenvalue weighted by molar-refractivity contribution is 6.29. The Hall–Kier alpha value is -3.38. The van der Waals surface area contributed by atoms with Gasteiger partial charge in [0.05, 0.1) is 12.7 Å². The van der Waals surface area contributed by atoms with Gasteiger partial charge in [0.15, 0.2) is 0 Å². The van der Waals surface area contributed by atoms with Crippen LogP contribution in [0.1, 0.15) is 37.8 Å². The summed E-state index contributed by atoms with van der Waals surface area (Å²) in [5.41, 5.74) is 3.79. The Bertz CT molecular complexity index is 1200. The number of piperidine rings is 1. The SMILES string of the molecule is COc1ccc(C2[C@H]3CN(C(=O)c4ccc(C)c(NC(=O)c5ccc(Cl)nc5)c4)C[C@@H]23)cc1. The van der Waals surface area contributed by atoms with E-state index < -0.39 is 0 Å². The second-order valence-corrected chi connectivity index (χ2v) is 9.08. The lowest BCUT2D eigenvalue weighted by Crippen LogP contribution is -2.31. The van der Waals surface area contributed by atoms with E-state index in [0.717, 1.165) is 24.4 Å². The summed E-state index contributed by atoms with van der Waals surface area (Å²) < 4.78 is 5.25. The fourth-order valence-electron chi connectivity index (χ4n) is 4.79. The second kappa shape index (κ2) is 8.52. The minimum absolute atomic E-state index is 0.000612. The molecule has 2 fully saturated rings. The normalized spacial score (nSPS) is 20.8. The summed E-state index contributed by atoms with van der Waals surface area (Å²) >= 11 is 5.80. The summed E-state index contributed by atoms with van der Waals surface area (Å²) in [5.74, 6) is 2.08. The van der Waals surface area contributed by atoms with Crippen LogP contribution in [-0.2, 0) is 0 Å². The molecule has 1 saturated carbocycles. The molecular formula is C26H24ClN3O3. The Morgan fingerprint density at radius 1 is 1.03 bits per heavy atom. The summed E-state index contributed by atoms with van der Waals surface area (Å²) in [6.45, 7) is 3.41. The Morgan fingerprint density at radius 3 is 2.36 bits per heavy atom. The molecule has 5 rings (SSSR count). The number of hydrogen-bond acceptors (Lipinski definition) is 4. The largest absolute Gasteiger partial charge is 0.497 e. The van der Waals surface area contributed by atoms with Gasteiger partial charge in [0.25, 0.3) is 11.8 Å². The molecule has 0 bridgehead atoms. The number of nitrogens with one attached hydrogen (secondary N) is 1. The van der Waals surface area contributed by atoms with Crippen molar-refractivity contribution in [3.63, 3.8) is 0 Å². The maximum atomic E-state index is 13.2. The standard InChI is InChI=1S/C26H24ClN3O3/c1-15-3-4-17(11-22(15)29-25(31)18-7-10-23(27)28-12-18)26(32)30-13-20-21(14-30)24(20)16-5-8-19(33-2)9-6-16/h3-12,20-21,24H,13-14H2,1-2H3,(H,29,31)/t20-,21+,24?. The number of carbonyl (C=O) groups is 2. The quantitative estimate of drug-likeness (QED) is 0.554. The van der Waals surface area contributed by atoms with Crippen LogP contribution in [0, 0.1) is 18.8 Å². The van der Waals surface area contributed by atoms with Crippen molar-refractivity contribution in [2.75, 3.05) is 25.5 Å². The lowest BCUT2D eigenvalue weighted by Gasteiger charge is -2.21. The second-order valence-electron chi connectivity index (χ2n) is 8.69. The first-order chi connectivity index (χ1) is 15.9. The lowest BCUT2D eigenvalue weighted by atomic mass is 10.1. The molecule has 0 radical (unpaired) electrons. The van der Waals surface area contributed by atoms with Crippen LogP contribution < -0.4 is 10.1 Å². The number of pyridine rings is 1. The number of fused-ring (bicyclic) bond motifs is 1. The monoisotopic (exact) mass is 461 g/mol. The number of carbonyl (C=O) groups excluding carboxylic acids is 2.